The van der Waals surface area contributed by atoms with E-state index in [4.69, 9.17) is 5.11 Å². The average Bonchev–Trinajstić information content (AvgIpc) is 2.93. The number of nitrogens with one attached hydrogen (secondary N) is 1. The summed E-state index contributed by atoms with van der Waals surface area (Å²) >= 11 is 0. The van der Waals surface area contributed by atoms with E-state index in [0.29, 0.717) is 6.42 Å². The summed E-state index contributed by atoms with van der Waals surface area (Å²) in [5, 5.41) is 12.5. The standard InChI is InChI=1S/C14H25NO3S2/c1-3-10(2)13(14(17)18)15-12(16)7-5-4-6-11-8-9-19-20-11/h10-11,13H,3-9H2,1-2H3,(H,15,16)(H,17,18). The molecular weight excluding hydrogens is 294 g/mol. The van der Waals surface area contributed by atoms with E-state index in [-0.39, 0.29) is 11.8 Å². The van der Waals surface area contributed by atoms with Gasteiger partial charge in [-0.05, 0) is 25.2 Å². The molecule has 1 aliphatic rings. The number of aliphatic carboxylic acids is 1. The van der Waals surface area contributed by atoms with Crippen molar-refractivity contribution in [2.24, 2.45) is 5.92 Å². The highest BCUT2D eigenvalue weighted by atomic mass is 33.1. The van der Waals surface area contributed by atoms with Gasteiger partial charge in [0.25, 0.3) is 0 Å². The third-order valence-electron chi connectivity index (χ3n) is 3.70. The lowest BCUT2D eigenvalue weighted by molar-refractivity contribution is -0.143. The summed E-state index contributed by atoms with van der Waals surface area (Å²) in [4.78, 5) is 22.9. The van der Waals surface area contributed by atoms with Gasteiger partial charge in [-0.3, -0.25) is 4.79 Å². The third-order valence-corrected chi connectivity index (χ3v) is 6.71. The van der Waals surface area contributed by atoms with Gasteiger partial charge in [-0.2, -0.15) is 0 Å². The lowest BCUT2D eigenvalue weighted by Crippen LogP contribution is -2.44. The van der Waals surface area contributed by atoms with Gasteiger partial charge in [0.1, 0.15) is 6.04 Å². The van der Waals surface area contributed by atoms with Crippen LogP contribution in [0.5, 0.6) is 0 Å². The van der Waals surface area contributed by atoms with Gasteiger partial charge >= 0.3 is 5.97 Å². The molecule has 1 fully saturated rings. The summed E-state index contributed by atoms with van der Waals surface area (Å²) in [5.74, 6) is 0.131. The number of carbonyl (C=O) groups is 2. The monoisotopic (exact) mass is 319 g/mol. The van der Waals surface area contributed by atoms with Gasteiger partial charge in [-0.15, -0.1) is 0 Å². The second-order valence-corrected chi connectivity index (χ2v) is 8.13. The summed E-state index contributed by atoms with van der Waals surface area (Å²) < 4.78 is 0. The number of hydrogen-bond acceptors (Lipinski definition) is 4. The van der Waals surface area contributed by atoms with Crippen LogP contribution in [0.1, 0.15) is 52.4 Å². The van der Waals surface area contributed by atoms with Gasteiger partial charge in [-0.1, -0.05) is 48.3 Å². The average molecular weight is 319 g/mol. The van der Waals surface area contributed by atoms with Gasteiger partial charge in [0.15, 0.2) is 0 Å². The van der Waals surface area contributed by atoms with Crippen LogP contribution in [0.4, 0.5) is 0 Å². The molecule has 0 saturated carbocycles. The zero-order chi connectivity index (χ0) is 15.0. The molecule has 2 N–H and O–H groups in total. The third kappa shape index (κ3) is 6.39. The minimum atomic E-state index is -0.938. The Bertz CT molecular complexity index is 320. The highest BCUT2D eigenvalue weighted by molar-refractivity contribution is 8.77. The normalized spacial score (nSPS) is 21.4. The molecule has 1 rings (SSSR count). The summed E-state index contributed by atoms with van der Waals surface area (Å²) in [6.45, 7) is 3.79. The van der Waals surface area contributed by atoms with Gasteiger partial charge in [-0.25, -0.2) is 4.79 Å². The second-order valence-electron chi connectivity index (χ2n) is 5.34. The van der Waals surface area contributed by atoms with Crippen molar-refractivity contribution < 1.29 is 14.7 Å². The summed E-state index contributed by atoms with van der Waals surface area (Å²) in [6.07, 6.45) is 5.51. The van der Waals surface area contributed by atoms with Gasteiger partial charge in [0, 0.05) is 17.4 Å². The predicted molar refractivity (Wildman–Crippen MR) is 85.9 cm³/mol. The van der Waals surface area contributed by atoms with E-state index in [0.717, 1.165) is 24.5 Å². The molecule has 0 aromatic carbocycles. The van der Waals surface area contributed by atoms with Crippen LogP contribution in [0.25, 0.3) is 0 Å². The fourth-order valence-electron chi connectivity index (χ4n) is 2.15. The van der Waals surface area contributed by atoms with E-state index >= 15 is 0 Å². The molecule has 1 amide bonds. The summed E-state index contributed by atoms with van der Waals surface area (Å²) in [7, 11) is 3.90. The number of carboxylic acid groups (broad SMARTS) is 1. The minimum Gasteiger partial charge on any atom is -0.480 e. The van der Waals surface area contributed by atoms with E-state index in [9.17, 15) is 9.59 Å². The Morgan fingerprint density at radius 3 is 2.70 bits per heavy atom. The van der Waals surface area contributed by atoms with Crippen molar-refractivity contribution in [2.75, 3.05) is 5.75 Å². The maximum Gasteiger partial charge on any atom is 0.326 e. The molecule has 20 heavy (non-hydrogen) atoms. The highest BCUT2D eigenvalue weighted by Gasteiger charge is 2.25. The highest BCUT2D eigenvalue weighted by Crippen LogP contribution is 2.39. The van der Waals surface area contributed by atoms with Crippen LogP contribution in [0.3, 0.4) is 0 Å². The van der Waals surface area contributed by atoms with Gasteiger partial charge in [0.2, 0.25) is 5.91 Å². The Labute approximate surface area is 129 Å². The lowest BCUT2D eigenvalue weighted by Gasteiger charge is -2.20. The molecule has 0 bridgehead atoms. The summed E-state index contributed by atoms with van der Waals surface area (Å²) in [5.41, 5.74) is 0. The number of hydrogen-bond donors (Lipinski definition) is 2. The first kappa shape index (κ1) is 17.7. The Morgan fingerprint density at radius 2 is 2.15 bits per heavy atom. The topological polar surface area (TPSA) is 66.4 Å². The first-order valence-corrected chi connectivity index (χ1v) is 9.73. The van der Waals surface area contributed by atoms with E-state index in [1.807, 2.05) is 35.4 Å². The second kappa shape index (κ2) is 9.55. The molecular formula is C14H25NO3S2. The lowest BCUT2D eigenvalue weighted by atomic mass is 9.99. The van der Waals surface area contributed by atoms with Gasteiger partial charge < -0.3 is 10.4 Å². The summed E-state index contributed by atoms with van der Waals surface area (Å²) in [6, 6.07) is -0.755. The smallest absolute Gasteiger partial charge is 0.326 e. The molecule has 3 atom stereocenters. The van der Waals surface area contributed by atoms with Crippen LogP contribution >= 0.6 is 21.6 Å². The molecule has 4 nitrogen and oxygen atoms in total. The van der Waals surface area contributed by atoms with Crippen molar-refractivity contribution >= 4 is 33.5 Å². The molecule has 3 unspecified atom stereocenters. The van der Waals surface area contributed by atoms with Crippen molar-refractivity contribution in [2.45, 2.75) is 63.7 Å². The van der Waals surface area contributed by atoms with Crippen molar-refractivity contribution in [1.82, 2.24) is 5.32 Å². The van der Waals surface area contributed by atoms with Crippen molar-refractivity contribution in [3.8, 4) is 0 Å². The number of unbranched alkanes of at least 4 members (excludes halogenated alkanes) is 1. The predicted octanol–water partition coefficient (Wildman–Crippen LogP) is 3.32. The van der Waals surface area contributed by atoms with Crippen LogP contribution in [0, 0.1) is 5.92 Å². The first-order valence-electron chi connectivity index (χ1n) is 7.35. The molecule has 116 valence electrons. The molecule has 0 aromatic rings. The maximum atomic E-state index is 11.8. The Morgan fingerprint density at radius 1 is 1.40 bits per heavy atom. The van der Waals surface area contributed by atoms with Crippen LogP contribution in [-0.2, 0) is 9.59 Å². The van der Waals surface area contributed by atoms with Crippen LogP contribution in [-0.4, -0.2) is 34.0 Å². The van der Waals surface area contributed by atoms with Gasteiger partial charge in [0.05, 0.1) is 0 Å². The van der Waals surface area contributed by atoms with E-state index in [1.54, 1.807) is 0 Å². The quantitative estimate of drug-likeness (QED) is 0.504. The van der Waals surface area contributed by atoms with Crippen LogP contribution in [0.15, 0.2) is 0 Å². The number of rotatable bonds is 9. The van der Waals surface area contributed by atoms with Crippen molar-refractivity contribution in [3.05, 3.63) is 0 Å². The number of carbonyl (C=O) groups excluding carboxylic acids is 1. The van der Waals surface area contributed by atoms with Crippen LogP contribution in [0.2, 0.25) is 0 Å². The zero-order valence-electron chi connectivity index (χ0n) is 12.3. The Balaban J connectivity index is 2.18. The first-order chi connectivity index (χ1) is 9.54. The molecule has 0 aromatic heterocycles. The molecule has 0 radical (unpaired) electrons. The Hall–Kier alpha value is -0.360. The van der Waals surface area contributed by atoms with Crippen LogP contribution < -0.4 is 5.32 Å². The number of amides is 1. The van der Waals surface area contributed by atoms with E-state index in [1.165, 1.54) is 18.6 Å². The molecule has 0 spiro atoms. The van der Waals surface area contributed by atoms with E-state index in [2.05, 4.69) is 5.32 Å². The Kier molecular flexibility index (Phi) is 8.45. The largest absolute Gasteiger partial charge is 0.480 e. The number of carboxylic acids is 1. The maximum absolute atomic E-state index is 11.8. The SMILES string of the molecule is CCC(C)C(NC(=O)CCCCC1CCSS1)C(=O)O. The molecule has 1 aliphatic heterocycles. The fourth-order valence-corrected chi connectivity index (χ4v) is 5.18. The van der Waals surface area contributed by atoms with Crippen molar-refractivity contribution in [1.29, 1.82) is 0 Å². The zero-order valence-corrected chi connectivity index (χ0v) is 13.9. The molecule has 6 heteroatoms. The van der Waals surface area contributed by atoms with Crippen molar-refractivity contribution in [3.63, 3.8) is 0 Å². The fraction of sp³-hybridized carbons (Fsp3) is 0.857. The molecule has 1 saturated heterocycles. The molecule has 0 aliphatic carbocycles. The molecule has 1 heterocycles. The minimum absolute atomic E-state index is 0.0386. The van der Waals surface area contributed by atoms with E-state index < -0.39 is 12.0 Å².